The molecule has 132 valence electrons. The Balaban J connectivity index is 1.85. The minimum atomic E-state index is 0.502. The second-order valence-electron chi connectivity index (χ2n) is 6.29. The number of aromatic nitrogens is 2. The number of benzene rings is 1. The average molecular weight is 377 g/mol. The lowest BCUT2D eigenvalue weighted by molar-refractivity contribution is 0.186. The highest BCUT2D eigenvalue weighted by Crippen LogP contribution is 2.28. The summed E-state index contributed by atoms with van der Waals surface area (Å²) in [5.41, 5.74) is 3.82. The first kappa shape index (κ1) is 18.1. The van der Waals surface area contributed by atoms with Crippen LogP contribution in [0, 0.1) is 0 Å². The molecule has 25 heavy (non-hydrogen) atoms. The van der Waals surface area contributed by atoms with Gasteiger partial charge >= 0.3 is 0 Å². The molecule has 1 N–H and O–H groups in total. The molecule has 1 aromatic heterocycles. The first-order chi connectivity index (χ1) is 12.0. The summed E-state index contributed by atoms with van der Waals surface area (Å²) in [4.78, 5) is 12.6. The summed E-state index contributed by atoms with van der Waals surface area (Å²) in [6.45, 7) is 10.3. The molecule has 1 aliphatic rings. The number of hydrogen-bond acceptors (Lipinski definition) is 3. The van der Waals surface area contributed by atoms with E-state index in [4.69, 9.17) is 23.2 Å². The van der Waals surface area contributed by atoms with Crippen molar-refractivity contribution < 1.29 is 0 Å². The third-order valence-electron chi connectivity index (χ3n) is 4.52. The summed E-state index contributed by atoms with van der Waals surface area (Å²) < 4.78 is 0. The van der Waals surface area contributed by atoms with Crippen LogP contribution in [0.4, 0.5) is 0 Å². The molecule has 0 unspecified atom stereocenters. The van der Waals surface area contributed by atoms with E-state index in [0.29, 0.717) is 10.0 Å². The van der Waals surface area contributed by atoms with E-state index in [0.717, 1.165) is 48.6 Å². The molecule has 6 heteroatoms. The Morgan fingerprint density at radius 1 is 1.16 bits per heavy atom. The van der Waals surface area contributed by atoms with Crippen molar-refractivity contribution in [2.75, 3.05) is 33.2 Å². The number of allylic oxidation sites excluding steroid dienone is 5. The Labute approximate surface area is 158 Å². The molecule has 2 aromatic rings. The van der Waals surface area contributed by atoms with Gasteiger partial charge in [0.15, 0.2) is 0 Å². The van der Waals surface area contributed by atoms with Crippen molar-refractivity contribution in [1.82, 2.24) is 19.8 Å². The van der Waals surface area contributed by atoms with Crippen LogP contribution in [-0.2, 0) is 0 Å². The zero-order chi connectivity index (χ0) is 18.0. The number of imidazole rings is 1. The maximum absolute atomic E-state index is 6.08. The summed E-state index contributed by atoms with van der Waals surface area (Å²) in [7, 11) is 2.16. The maximum atomic E-state index is 6.08. The van der Waals surface area contributed by atoms with E-state index >= 15 is 0 Å². The van der Waals surface area contributed by atoms with Crippen LogP contribution in [-0.4, -0.2) is 53.0 Å². The van der Waals surface area contributed by atoms with Gasteiger partial charge in [-0.2, -0.15) is 0 Å². The highest BCUT2D eigenvalue weighted by atomic mass is 35.5. The molecular formula is C19H22Cl2N4. The Morgan fingerprint density at radius 3 is 2.52 bits per heavy atom. The maximum Gasteiger partial charge on any atom is 0.138 e. The van der Waals surface area contributed by atoms with Crippen molar-refractivity contribution >= 4 is 39.8 Å². The summed E-state index contributed by atoms with van der Waals surface area (Å²) in [5.74, 6) is 0.755. The highest BCUT2D eigenvalue weighted by molar-refractivity contribution is 6.42. The first-order valence-electron chi connectivity index (χ1n) is 8.27. The van der Waals surface area contributed by atoms with Crippen LogP contribution in [0.25, 0.3) is 16.6 Å². The lowest BCUT2D eigenvalue weighted by Gasteiger charge is -2.34. The van der Waals surface area contributed by atoms with Gasteiger partial charge in [0.1, 0.15) is 5.82 Å². The molecule has 0 aliphatic carbocycles. The number of fused-ring (bicyclic) bond motifs is 1. The van der Waals surface area contributed by atoms with Gasteiger partial charge in [0.2, 0.25) is 0 Å². The van der Waals surface area contributed by atoms with Crippen LogP contribution >= 0.6 is 23.2 Å². The van der Waals surface area contributed by atoms with E-state index in [9.17, 15) is 0 Å². The molecule has 0 bridgehead atoms. The summed E-state index contributed by atoms with van der Waals surface area (Å²) >= 11 is 12.1. The van der Waals surface area contributed by atoms with Crippen LogP contribution in [0.2, 0.25) is 10.0 Å². The second kappa shape index (κ2) is 7.65. The molecule has 1 fully saturated rings. The standard InChI is InChI=1S/C19H22Cl2N4/c1-4-14(6-5-13(2)25-9-7-24(3)8-10-25)19-22-17-11-15(20)16(21)12-18(17)23-19/h4-6,11-12H,1,7-10H2,2-3H3,(H,22,23)/b13-5+,14-6+. The molecule has 1 aromatic carbocycles. The quantitative estimate of drug-likeness (QED) is 0.792. The molecule has 4 nitrogen and oxygen atoms in total. The molecule has 0 radical (unpaired) electrons. The third-order valence-corrected chi connectivity index (χ3v) is 5.25. The van der Waals surface area contributed by atoms with Crippen molar-refractivity contribution in [2.45, 2.75) is 6.92 Å². The number of nitrogens with zero attached hydrogens (tertiary/aromatic N) is 3. The lowest BCUT2D eigenvalue weighted by atomic mass is 10.2. The largest absolute Gasteiger partial charge is 0.372 e. The highest BCUT2D eigenvalue weighted by Gasteiger charge is 2.13. The van der Waals surface area contributed by atoms with Gasteiger partial charge in [-0.25, -0.2) is 4.98 Å². The molecule has 1 aliphatic heterocycles. The Kier molecular flexibility index (Phi) is 5.52. The summed E-state index contributed by atoms with van der Waals surface area (Å²) in [6.07, 6.45) is 5.96. The molecule has 2 heterocycles. The van der Waals surface area contributed by atoms with Crippen LogP contribution in [0.15, 0.2) is 42.6 Å². The fourth-order valence-electron chi connectivity index (χ4n) is 2.86. The third kappa shape index (κ3) is 4.09. The number of likely N-dealkylation sites (N-methyl/N-ethyl adjacent to an activating group) is 1. The number of H-pyrrole nitrogens is 1. The predicted molar refractivity (Wildman–Crippen MR) is 107 cm³/mol. The van der Waals surface area contributed by atoms with Crippen molar-refractivity contribution in [3.63, 3.8) is 0 Å². The van der Waals surface area contributed by atoms with Gasteiger partial charge in [0.25, 0.3) is 0 Å². The summed E-state index contributed by atoms with van der Waals surface area (Å²) in [6, 6.07) is 3.56. The van der Waals surface area contributed by atoms with Crippen molar-refractivity contribution in [3.8, 4) is 0 Å². The van der Waals surface area contributed by atoms with Crippen molar-refractivity contribution in [1.29, 1.82) is 0 Å². The van der Waals surface area contributed by atoms with Crippen molar-refractivity contribution in [2.24, 2.45) is 0 Å². The van der Waals surface area contributed by atoms with Crippen LogP contribution in [0.1, 0.15) is 12.7 Å². The minimum Gasteiger partial charge on any atom is -0.372 e. The van der Waals surface area contributed by atoms with Gasteiger partial charge in [-0.05, 0) is 38.3 Å². The van der Waals surface area contributed by atoms with Crippen LogP contribution in [0.5, 0.6) is 0 Å². The molecule has 0 spiro atoms. The fraction of sp³-hybridized carbons (Fsp3) is 0.316. The van der Waals surface area contributed by atoms with Gasteiger partial charge in [-0.1, -0.05) is 35.9 Å². The Bertz CT molecular complexity index is 803. The molecule has 3 rings (SSSR count). The number of nitrogens with one attached hydrogen (secondary N) is 1. The van der Waals surface area contributed by atoms with E-state index in [1.54, 1.807) is 18.2 Å². The second-order valence-corrected chi connectivity index (χ2v) is 7.11. The van der Waals surface area contributed by atoms with Crippen LogP contribution < -0.4 is 0 Å². The lowest BCUT2D eigenvalue weighted by Crippen LogP contribution is -2.43. The number of rotatable bonds is 4. The van der Waals surface area contributed by atoms with E-state index in [2.05, 4.69) is 46.4 Å². The van der Waals surface area contributed by atoms with Crippen LogP contribution in [0.3, 0.4) is 0 Å². The van der Waals surface area contributed by atoms with Gasteiger partial charge in [0, 0.05) is 37.4 Å². The summed E-state index contributed by atoms with van der Waals surface area (Å²) in [5, 5.41) is 1.02. The zero-order valence-corrected chi connectivity index (χ0v) is 16.0. The predicted octanol–water partition coefficient (Wildman–Crippen LogP) is 4.59. The Morgan fingerprint density at radius 2 is 1.84 bits per heavy atom. The van der Waals surface area contributed by atoms with E-state index in [1.807, 2.05) is 6.08 Å². The van der Waals surface area contributed by atoms with Gasteiger partial charge in [-0.15, -0.1) is 0 Å². The van der Waals surface area contributed by atoms with Gasteiger partial charge in [-0.3, -0.25) is 0 Å². The zero-order valence-electron chi connectivity index (χ0n) is 14.5. The topological polar surface area (TPSA) is 35.2 Å². The molecule has 0 atom stereocenters. The van der Waals surface area contributed by atoms with Gasteiger partial charge in [0.05, 0.1) is 21.1 Å². The first-order valence-corrected chi connectivity index (χ1v) is 9.03. The molecule has 1 saturated heterocycles. The number of piperazine rings is 1. The van der Waals surface area contributed by atoms with E-state index < -0.39 is 0 Å². The minimum absolute atomic E-state index is 0.502. The molecule has 0 saturated carbocycles. The fourth-order valence-corrected chi connectivity index (χ4v) is 3.18. The smallest absolute Gasteiger partial charge is 0.138 e. The number of hydrogen-bond donors (Lipinski definition) is 1. The Hall–Kier alpha value is -1.75. The van der Waals surface area contributed by atoms with E-state index in [-0.39, 0.29) is 0 Å². The number of halogens is 2. The number of aromatic amines is 1. The van der Waals surface area contributed by atoms with Gasteiger partial charge < -0.3 is 14.8 Å². The SMILES string of the molecule is C=C/C(=C\C=C(/C)N1CCN(C)CC1)c1nc2cc(Cl)c(Cl)cc2[nH]1. The normalized spacial score (nSPS) is 17.4. The molecule has 0 amide bonds. The monoisotopic (exact) mass is 376 g/mol. The van der Waals surface area contributed by atoms with Crippen molar-refractivity contribution in [3.05, 3.63) is 58.5 Å². The molecular weight excluding hydrogens is 355 g/mol. The van der Waals surface area contributed by atoms with E-state index in [1.165, 1.54) is 5.70 Å². The average Bonchev–Trinajstić information content (AvgIpc) is 2.98.